The smallest absolute Gasteiger partial charge is 0.253 e. The van der Waals surface area contributed by atoms with Crippen molar-refractivity contribution in [1.82, 2.24) is 14.5 Å². The molecule has 5 rings (SSSR count). The summed E-state index contributed by atoms with van der Waals surface area (Å²) in [5.41, 5.74) is 2.32. The van der Waals surface area contributed by atoms with Crippen molar-refractivity contribution in [3.05, 3.63) is 39.0 Å². The first-order chi connectivity index (χ1) is 12.8. The van der Waals surface area contributed by atoms with E-state index in [2.05, 4.69) is 9.88 Å². The minimum atomic E-state index is 0.108. The van der Waals surface area contributed by atoms with Crippen LogP contribution in [0.3, 0.4) is 0 Å². The minimum absolute atomic E-state index is 0.108. The molecule has 0 bridgehead atoms. The summed E-state index contributed by atoms with van der Waals surface area (Å²) >= 11 is 1.78. The van der Waals surface area contributed by atoms with Gasteiger partial charge in [-0.15, -0.1) is 0 Å². The van der Waals surface area contributed by atoms with Crippen LogP contribution in [0.25, 0.3) is 0 Å². The molecule has 2 aliphatic heterocycles. The Morgan fingerprint density at radius 1 is 1.23 bits per heavy atom. The molecular weight excluding hydrogens is 348 g/mol. The molecule has 1 aliphatic carbocycles. The number of anilines is 1. The van der Waals surface area contributed by atoms with E-state index in [1.165, 1.54) is 23.4 Å². The fourth-order valence-electron chi connectivity index (χ4n) is 3.91. The third kappa shape index (κ3) is 3.30. The van der Waals surface area contributed by atoms with Gasteiger partial charge >= 0.3 is 0 Å². The number of piperidine rings is 1. The second-order valence-electron chi connectivity index (χ2n) is 7.68. The minimum Gasteiger partial charge on any atom is -0.375 e. The van der Waals surface area contributed by atoms with Gasteiger partial charge in [0.05, 0.1) is 35.8 Å². The van der Waals surface area contributed by atoms with Crippen LogP contribution in [-0.4, -0.2) is 34.2 Å². The molecule has 0 N–H and O–H groups in total. The van der Waals surface area contributed by atoms with E-state index < -0.39 is 0 Å². The summed E-state index contributed by atoms with van der Waals surface area (Å²) in [4.78, 5) is 25.4. The topological polar surface area (TPSA) is 60.2 Å². The van der Waals surface area contributed by atoms with E-state index in [1.807, 2.05) is 0 Å². The molecule has 1 saturated heterocycles. The molecule has 138 valence electrons. The normalized spacial score (nSPS) is 21.0. The van der Waals surface area contributed by atoms with Crippen LogP contribution in [0.5, 0.6) is 0 Å². The highest BCUT2D eigenvalue weighted by Crippen LogP contribution is 2.38. The number of ether oxygens (including phenoxy) is 1. The number of nitrogens with zero attached hydrogens (tertiary/aromatic N) is 4. The van der Waals surface area contributed by atoms with E-state index in [-0.39, 0.29) is 5.56 Å². The average Bonchev–Trinajstić information content (AvgIpc) is 3.42. The summed E-state index contributed by atoms with van der Waals surface area (Å²) in [6.07, 6.45) is 7.25. The predicted octanol–water partition coefficient (Wildman–Crippen LogP) is 2.57. The van der Waals surface area contributed by atoms with Gasteiger partial charge in [0.25, 0.3) is 5.56 Å². The van der Waals surface area contributed by atoms with Crippen molar-refractivity contribution < 1.29 is 4.74 Å². The number of hydrogen-bond acceptors (Lipinski definition) is 6. The summed E-state index contributed by atoms with van der Waals surface area (Å²) < 4.78 is 7.33. The fourth-order valence-corrected chi connectivity index (χ4v) is 5.01. The zero-order valence-electron chi connectivity index (χ0n) is 14.9. The summed E-state index contributed by atoms with van der Waals surface area (Å²) in [5.74, 6) is 1.07. The maximum absolute atomic E-state index is 12.3. The van der Waals surface area contributed by atoms with Gasteiger partial charge in [-0.3, -0.25) is 9.36 Å². The van der Waals surface area contributed by atoms with Gasteiger partial charge in [-0.1, -0.05) is 11.3 Å². The zero-order chi connectivity index (χ0) is 17.5. The molecule has 4 heterocycles. The van der Waals surface area contributed by atoms with Crippen molar-refractivity contribution in [2.75, 3.05) is 24.6 Å². The van der Waals surface area contributed by atoms with Crippen LogP contribution in [0.4, 0.5) is 5.13 Å². The van der Waals surface area contributed by atoms with Crippen molar-refractivity contribution in [3.63, 3.8) is 0 Å². The SMILES string of the molecule is O=c1cc(C2CC2)ncn1CC1CCN(c2nc3c(s2)COCC3)CC1. The van der Waals surface area contributed by atoms with Gasteiger partial charge in [0, 0.05) is 38.0 Å². The molecule has 0 unspecified atom stereocenters. The van der Waals surface area contributed by atoms with E-state index >= 15 is 0 Å². The lowest BCUT2D eigenvalue weighted by Gasteiger charge is -2.31. The number of hydrogen-bond donors (Lipinski definition) is 0. The second-order valence-corrected chi connectivity index (χ2v) is 8.74. The van der Waals surface area contributed by atoms with Crippen molar-refractivity contribution in [1.29, 1.82) is 0 Å². The Hall–Kier alpha value is -1.73. The molecule has 0 aromatic carbocycles. The maximum atomic E-state index is 12.3. The average molecular weight is 372 g/mol. The van der Waals surface area contributed by atoms with E-state index in [4.69, 9.17) is 9.72 Å². The van der Waals surface area contributed by atoms with Crippen LogP contribution in [0.1, 0.15) is 47.9 Å². The first kappa shape index (κ1) is 16.4. The van der Waals surface area contributed by atoms with Gasteiger partial charge in [0.1, 0.15) is 0 Å². The fraction of sp³-hybridized carbons (Fsp3) is 0.632. The Balaban J connectivity index is 1.20. The Morgan fingerprint density at radius 3 is 2.81 bits per heavy atom. The molecular formula is C19H24N4O2S. The van der Waals surface area contributed by atoms with E-state index in [1.54, 1.807) is 28.3 Å². The zero-order valence-corrected chi connectivity index (χ0v) is 15.7. The standard InChI is InChI=1S/C19H24N4O2S/c24-18-9-16(14-1-2-14)20-12-23(18)10-13-3-6-22(7-4-13)19-21-15-5-8-25-11-17(15)26-19/h9,12-14H,1-8,10-11H2. The molecule has 26 heavy (non-hydrogen) atoms. The van der Waals surface area contributed by atoms with Crippen LogP contribution in [-0.2, 0) is 24.3 Å². The Morgan fingerprint density at radius 2 is 2.08 bits per heavy atom. The van der Waals surface area contributed by atoms with Gasteiger partial charge < -0.3 is 9.64 Å². The molecule has 2 aromatic heterocycles. The molecule has 0 atom stereocenters. The van der Waals surface area contributed by atoms with Crippen LogP contribution in [0.2, 0.25) is 0 Å². The lowest BCUT2D eigenvalue weighted by atomic mass is 9.97. The van der Waals surface area contributed by atoms with Gasteiger partial charge in [0.15, 0.2) is 5.13 Å². The van der Waals surface area contributed by atoms with Crippen molar-refractivity contribution in [3.8, 4) is 0 Å². The van der Waals surface area contributed by atoms with Crippen molar-refractivity contribution >= 4 is 16.5 Å². The summed E-state index contributed by atoms with van der Waals surface area (Å²) in [6, 6.07) is 1.74. The number of rotatable bonds is 4. The lowest BCUT2D eigenvalue weighted by molar-refractivity contribution is 0.112. The van der Waals surface area contributed by atoms with E-state index in [0.29, 0.717) is 11.8 Å². The molecule has 0 spiro atoms. The number of thiazole rings is 1. The Kier molecular flexibility index (Phi) is 4.29. The molecule has 3 aliphatic rings. The Bertz CT molecular complexity index is 826. The monoisotopic (exact) mass is 372 g/mol. The predicted molar refractivity (Wildman–Crippen MR) is 101 cm³/mol. The first-order valence-electron chi connectivity index (χ1n) is 9.64. The largest absolute Gasteiger partial charge is 0.375 e. The first-order valence-corrected chi connectivity index (χ1v) is 10.5. The Labute approximate surface area is 156 Å². The second kappa shape index (κ2) is 6.78. The van der Waals surface area contributed by atoms with Crippen LogP contribution in [0, 0.1) is 5.92 Å². The maximum Gasteiger partial charge on any atom is 0.253 e. The van der Waals surface area contributed by atoms with Crippen LogP contribution >= 0.6 is 11.3 Å². The highest BCUT2D eigenvalue weighted by Gasteiger charge is 2.27. The van der Waals surface area contributed by atoms with Gasteiger partial charge in [-0.2, -0.15) is 0 Å². The molecule has 0 amide bonds. The van der Waals surface area contributed by atoms with Gasteiger partial charge in [0.2, 0.25) is 0 Å². The summed E-state index contributed by atoms with van der Waals surface area (Å²) in [6.45, 7) is 4.32. The molecule has 7 heteroatoms. The van der Waals surface area contributed by atoms with Gasteiger partial charge in [-0.05, 0) is 31.6 Å². The lowest BCUT2D eigenvalue weighted by Crippen LogP contribution is -2.36. The van der Waals surface area contributed by atoms with E-state index in [9.17, 15) is 4.79 Å². The van der Waals surface area contributed by atoms with Crippen molar-refractivity contribution in [2.24, 2.45) is 5.92 Å². The highest BCUT2D eigenvalue weighted by molar-refractivity contribution is 7.15. The van der Waals surface area contributed by atoms with Gasteiger partial charge in [-0.25, -0.2) is 9.97 Å². The van der Waals surface area contributed by atoms with E-state index in [0.717, 1.165) is 62.9 Å². The number of fused-ring (bicyclic) bond motifs is 1. The number of aromatic nitrogens is 3. The summed E-state index contributed by atoms with van der Waals surface area (Å²) in [7, 11) is 0. The van der Waals surface area contributed by atoms with Crippen molar-refractivity contribution in [2.45, 2.75) is 51.2 Å². The highest BCUT2D eigenvalue weighted by atomic mass is 32.1. The molecule has 0 radical (unpaired) electrons. The molecule has 2 aromatic rings. The molecule has 2 fully saturated rings. The third-order valence-corrected chi connectivity index (χ3v) is 6.85. The van der Waals surface area contributed by atoms with Crippen LogP contribution < -0.4 is 10.5 Å². The summed E-state index contributed by atoms with van der Waals surface area (Å²) in [5, 5.41) is 1.14. The molecule has 6 nitrogen and oxygen atoms in total. The quantitative estimate of drug-likeness (QED) is 0.825. The van der Waals surface area contributed by atoms with Crippen LogP contribution in [0.15, 0.2) is 17.2 Å². The third-order valence-electron chi connectivity index (χ3n) is 5.72. The molecule has 1 saturated carbocycles.